The molecule has 1 unspecified atom stereocenters. The maximum Gasteiger partial charge on any atom is 0.338 e. The summed E-state index contributed by atoms with van der Waals surface area (Å²) in [5.41, 5.74) is 0.622. The molecule has 1 aromatic rings. The van der Waals surface area contributed by atoms with Crippen molar-refractivity contribution in [2.45, 2.75) is 70.8 Å². The summed E-state index contributed by atoms with van der Waals surface area (Å²) in [7, 11) is 0. The van der Waals surface area contributed by atoms with Crippen molar-refractivity contribution >= 4 is 5.97 Å². The van der Waals surface area contributed by atoms with Gasteiger partial charge in [0.15, 0.2) is 0 Å². The number of carbonyl (C=O) groups excluding carboxylic acids is 1. The van der Waals surface area contributed by atoms with Gasteiger partial charge in [-0.05, 0) is 31.4 Å². The van der Waals surface area contributed by atoms with Crippen LogP contribution in [0.15, 0.2) is 30.3 Å². The van der Waals surface area contributed by atoms with Gasteiger partial charge < -0.3 is 9.84 Å². The molecule has 0 heterocycles. The molecule has 0 spiro atoms. The minimum absolute atomic E-state index is 0.112. The molecule has 0 radical (unpaired) electrons. The van der Waals surface area contributed by atoms with Gasteiger partial charge in [0.1, 0.15) is 0 Å². The lowest BCUT2D eigenvalue weighted by atomic mass is 10.1. The standard InChI is InChI=1S/C19H30O3/c1-2-18(20)15-11-6-4-3-5-7-12-16-22-19(21)17-13-9-8-10-14-17/h8-10,13-14,18,20H,2-7,11-12,15-16H2,1H3. The van der Waals surface area contributed by atoms with Crippen LogP contribution in [0.4, 0.5) is 0 Å². The summed E-state index contributed by atoms with van der Waals surface area (Å²) in [6, 6.07) is 9.13. The molecule has 0 aliphatic heterocycles. The third kappa shape index (κ3) is 8.83. The van der Waals surface area contributed by atoms with Gasteiger partial charge in [0.05, 0.1) is 18.3 Å². The molecule has 22 heavy (non-hydrogen) atoms. The SMILES string of the molecule is CCC(O)CCCCCCCCCOC(=O)c1ccccc1. The molecule has 1 rings (SSSR count). The Balaban J connectivity index is 1.89. The summed E-state index contributed by atoms with van der Waals surface area (Å²) in [5.74, 6) is -0.227. The summed E-state index contributed by atoms with van der Waals surface area (Å²) in [6.45, 7) is 2.53. The van der Waals surface area contributed by atoms with Crippen LogP contribution in [-0.2, 0) is 4.74 Å². The predicted molar refractivity (Wildman–Crippen MR) is 90.0 cm³/mol. The van der Waals surface area contributed by atoms with Crippen molar-refractivity contribution in [3.8, 4) is 0 Å². The van der Waals surface area contributed by atoms with Crippen molar-refractivity contribution in [2.24, 2.45) is 0 Å². The van der Waals surface area contributed by atoms with E-state index in [4.69, 9.17) is 4.74 Å². The lowest BCUT2D eigenvalue weighted by molar-refractivity contribution is 0.0497. The molecule has 0 saturated heterocycles. The largest absolute Gasteiger partial charge is 0.462 e. The van der Waals surface area contributed by atoms with Crippen molar-refractivity contribution in [2.75, 3.05) is 6.61 Å². The molecule has 0 fully saturated rings. The molecule has 0 aliphatic rings. The van der Waals surface area contributed by atoms with Gasteiger partial charge in [0, 0.05) is 0 Å². The van der Waals surface area contributed by atoms with E-state index in [-0.39, 0.29) is 12.1 Å². The Morgan fingerprint density at radius 1 is 1.00 bits per heavy atom. The summed E-state index contributed by atoms with van der Waals surface area (Å²) in [5, 5.41) is 9.44. The first-order valence-electron chi connectivity index (χ1n) is 8.64. The lowest BCUT2D eigenvalue weighted by Crippen LogP contribution is -2.06. The highest BCUT2D eigenvalue weighted by Crippen LogP contribution is 2.11. The third-order valence-electron chi connectivity index (χ3n) is 3.90. The Hall–Kier alpha value is -1.35. The number of hydrogen-bond donors (Lipinski definition) is 1. The Morgan fingerprint density at radius 3 is 2.23 bits per heavy atom. The Kier molecular flexibility index (Phi) is 10.4. The molecule has 0 amide bonds. The Labute approximate surface area is 134 Å². The van der Waals surface area contributed by atoms with E-state index >= 15 is 0 Å². The van der Waals surface area contributed by atoms with Crippen molar-refractivity contribution in [1.82, 2.24) is 0 Å². The number of carbonyl (C=O) groups is 1. The zero-order chi connectivity index (χ0) is 16.0. The van der Waals surface area contributed by atoms with Crippen molar-refractivity contribution in [3.05, 3.63) is 35.9 Å². The van der Waals surface area contributed by atoms with Gasteiger partial charge in [-0.25, -0.2) is 4.79 Å². The maximum atomic E-state index is 11.7. The number of hydrogen-bond acceptors (Lipinski definition) is 3. The first kappa shape index (κ1) is 18.7. The van der Waals surface area contributed by atoms with Gasteiger partial charge in [0.25, 0.3) is 0 Å². The van der Waals surface area contributed by atoms with Crippen LogP contribution < -0.4 is 0 Å². The molecule has 0 saturated carbocycles. The Morgan fingerprint density at radius 2 is 1.59 bits per heavy atom. The molecule has 3 nitrogen and oxygen atoms in total. The van der Waals surface area contributed by atoms with Crippen LogP contribution >= 0.6 is 0 Å². The fourth-order valence-electron chi connectivity index (χ4n) is 2.39. The molecule has 3 heteroatoms. The zero-order valence-electron chi connectivity index (χ0n) is 13.8. The summed E-state index contributed by atoms with van der Waals surface area (Å²) in [6.07, 6.45) is 9.73. The molecule has 0 aromatic heterocycles. The third-order valence-corrected chi connectivity index (χ3v) is 3.90. The normalized spacial score (nSPS) is 12.1. The van der Waals surface area contributed by atoms with E-state index in [9.17, 15) is 9.90 Å². The van der Waals surface area contributed by atoms with E-state index in [0.717, 1.165) is 32.1 Å². The molecular weight excluding hydrogens is 276 g/mol. The second-order valence-electron chi connectivity index (χ2n) is 5.83. The fourth-order valence-corrected chi connectivity index (χ4v) is 2.39. The number of rotatable bonds is 12. The number of benzene rings is 1. The highest BCUT2D eigenvalue weighted by molar-refractivity contribution is 5.89. The maximum absolute atomic E-state index is 11.7. The minimum atomic E-state index is -0.227. The van der Waals surface area contributed by atoms with E-state index in [2.05, 4.69) is 0 Å². The topological polar surface area (TPSA) is 46.5 Å². The summed E-state index contributed by atoms with van der Waals surface area (Å²) < 4.78 is 5.25. The average Bonchev–Trinajstić information content (AvgIpc) is 2.56. The highest BCUT2D eigenvalue weighted by Gasteiger charge is 2.05. The van der Waals surface area contributed by atoms with Crippen LogP contribution in [0, 0.1) is 0 Å². The van der Waals surface area contributed by atoms with Gasteiger partial charge in [-0.15, -0.1) is 0 Å². The van der Waals surface area contributed by atoms with Crippen molar-refractivity contribution < 1.29 is 14.6 Å². The molecular formula is C19H30O3. The first-order valence-corrected chi connectivity index (χ1v) is 8.64. The van der Waals surface area contributed by atoms with Gasteiger partial charge >= 0.3 is 5.97 Å². The molecule has 0 aliphatic carbocycles. The molecule has 124 valence electrons. The van der Waals surface area contributed by atoms with Crippen LogP contribution in [0.5, 0.6) is 0 Å². The number of ether oxygens (including phenoxy) is 1. The summed E-state index contributed by atoms with van der Waals surface area (Å²) >= 11 is 0. The van der Waals surface area contributed by atoms with E-state index in [0.29, 0.717) is 12.2 Å². The minimum Gasteiger partial charge on any atom is -0.462 e. The van der Waals surface area contributed by atoms with Crippen LogP contribution in [0.3, 0.4) is 0 Å². The Bertz CT molecular complexity index is 389. The van der Waals surface area contributed by atoms with Crippen LogP contribution in [0.1, 0.15) is 75.1 Å². The van der Waals surface area contributed by atoms with E-state index in [1.165, 1.54) is 25.7 Å². The first-order chi connectivity index (χ1) is 10.7. The number of aliphatic hydroxyl groups excluding tert-OH is 1. The highest BCUT2D eigenvalue weighted by atomic mass is 16.5. The fraction of sp³-hybridized carbons (Fsp3) is 0.632. The zero-order valence-corrected chi connectivity index (χ0v) is 13.8. The average molecular weight is 306 g/mol. The lowest BCUT2D eigenvalue weighted by Gasteiger charge is -2.07. The second kappa shape index (κ2) is 12.2. The monoisotopic (exact) mass is 306 g/mol. The van der Waals surface area contributed by atoms with Crippen molar-refractivity contribution in [3.63, 3.8) is 0 Å². The van der Waals surface area contributed by atoms with E-state index < -0.39 is 0 Å². The van der Waals surface area contributed by atoms with Gasteiger partial charge in [-0.3, -0.25) is 0 Å². The van der Waals surface area contributed by atoms with Gasteiger partial charge in [-0.2, -0.15) is 0 Å². The van der Waals surface area contributed by atoms with Gasteiger partial charge in [0.2, 0.25) is 0 Å². The number of unbranched alkanes of at least 4 members (excludes halogenated alkanes) is 6. The van der Waals surface area contributed by atoms with Crippen LogP contribution in [0.25, 0.3) is 0 Å². The predicted octanol–water partition coefficient (Wildman–Crippen LogP) is 4.74. The number of esters is 1. The van der Waals surface area contributed by atoms with Crippen LogP contribution in [0.2, 0.25) is 0 Å². The van der Waals surface area contributed by atoms with Crippen molar-refractivity contribution in [1.29, 1.82) is 0 Å². The second-order valence-corrected chi connectivity index (χ2v) is 5.83. The smallest absolute Gasteiger partial charge is 0.338 e. The van der Waals surface area contributed by atoms with Crippen LogP contribution in [-0.4, -0.2) is 23.8 Å². The molecule has 1 N–H and O–H groups in total. The molecule has 1 atom stereocenters. The van der Waals surface area contributed by atoms with E-state index in [1.54, 1.807) is 12.1 Å². The molecule has 1 aromatic carbocycles. The van der Waals surface area contributed by atoms with E-state index in [1.807, 2.05) is 25.1 Å². The summed E-state index contributed by atoms with van der Waals surface area (Å²) in [4.78, 5) is 11.7. The molecule has 0 bridgehead atoms. The number of aliphatic hydroxyl groups is 1. The quantitative estimate of drug-likeness (QED) is 0.448. The van der Waals surface area contributed by atoms with Gasteiger partial charge in [-0.1, -0.05) is 63.6 Å².